The Morgan fingerprint density at radius 3 is 2.76 bits per heavy atom. The van der Waals surface area contributed by atoms with Crippen LogP contribution >= 0.6 is 11.6 Å². The molecule has 2 rings (SSSR count). The third-order valence-corrected chi connectivity index (χ3v) is 2.53. The van der Waals surface area contributed by atoms with Crippen LogP contribution in [0.25, 0.3) is 0 Å². The molecule has 2 aromatic rings. The lowest BCUT2D eigenvalue weighted by Crippen LogP contribution is -1.94. The Bertz CT molecular complexity index is 570. The van der Waals surface area contributed by atoms with Gasteiger partial charge in [-0.05, 0) is 37.3 Å². The molecule has 0 unspecified atom stereocenters. The number of hydrogen-bond acceptors (Lipinski definition) is 3. The lowest BCUT2D eigenvalue weighted by atomic mass is 10.2. The Balaban J connectivity index is 2.30. The molecule has 1 N–H and O–H groups in total. The maximum atomic E-state index is 9.00. The van der Waals surface area contributed by atoms with Crippen LogP contribution in [-0.2, 0) is 0 Å². The zero-order valence-electron chi connectivity index (χ0n) is 9.24. The quantitative estimate of drug-likeness (QED) is 0.876. The molecule has 0 bridgehead atoms. The predicted molar refractivity (Wildman–Crippen MR) is 68.4 cm³/mol. The second-order valence-electron chi connectivity index (χ2n) is 3.61. The van der Waals surface area contributed by atoms with Gasteiger partial charge in [-0.1, -0.05) is 11.6 Å². The molecule has 1 aromatic heterocycles. The molecule has 0 amide bonds. The summed E-state index contributed by atoms with van der Waals surface area (Å²) in [5.41, 5.74) is 3.03. The van der Waals surface area contributed by atoms with Crippen molar-refractivity contribution in [3.63, 3.8) is 0 Å². The van der Waals surface area contributed by atoms with E-state index in [9.17, 15) is 0 Å². The smallest absolute Gasteiger partial charge is 0.101 e. The molecule has 3 nitrogen and oxygen atoms in total. The Morgan fingerprint density at radius 1 is 1.29 bits per heavy atom. The van der Waals surface area contributed by atoms with Gasteiger partial charge in [0.05, 0.1) is 23.1 Å². The van der Waals surface area contributed by atoms with Crippen molar-refractivity contribution in [2.75, 3.05) is 5.32 Å². The second kappa shape index (κ2) is 4.86. The third-order valence-electron chi connectivity index (χ3n) is 2.29. The van der Waals surface area contributed by atoms with E-state index in [0.29, 0.717) is 10.6 Å². The molecular weight excluding hydrogens is 234 g/mol. The van der Waals surface area contributed by atoms with E-state index < -0.39 is 0 Å². The standard InChI is InChI=1S/C13H10ClN3/c1-9-2-4-12(8-16-9)17-13-5-3-11(14)6-10(13)7-15/h2-6,8,17H,1H3. The number of nitriles is 1. The number of aryl methyl sites for hydroxylation is 1. The first-order valence-electron chi connectivity index (χ1n) is 5.08. The second-order valence-corrected chi connectivity index (χ2v) is 4.05. The summed E-state index contributed by atoms with van der Waals surface area (Å²) in [7, 11) is 0. The van der Waals surface area contributed by atoms with E-state index in [2.05, 4.69) is 16.4 Å². The number of nitrogens with zero attached hydrogens (tertiary/aromatic N) is 2. The Kier molecular flexibility index (Phi) is 3.27. The number of hydrogen-bond donors (Lipinski definition) is 1. The van der Waals surface area contributed by atoms with E-state index in [1.807, 2.05) is 19.1 Å². The SMILES string of the molecule is Cc1ccc(Nc2ccc(Cl)cc2C#N)cn1. The van der Waals surface area contributed by atoms with Gasteiger partial charge in [-0.25, -0.2) is 0 Å². The zero-order valence-corrected chi connectivity index (χ0v) is 9.99. The normalized spacial score (nSPS) is 9.71. The Labute approximate surface area is 105 Å². The molecule has 4 heteroatoms. The Hall–Kier alpha value is -2.05. The van der Waals surface area contributed by atoms with Crippen LogP contribution in [0.2, 0.25) is 5.02 Å². The molecule has 0 aliphatic rings. The van der Waals surface area contributed by atoms with Gasteiger partial charge in [0.1, 0.15) is 6.07 Å². The number of nitrogens with one attached hydrogen (secondary N) is 1. The van der Waals surface area contributed by atoms with Gasteiger partial charge in [0, 0.05) is 10.7 Å². The minimum atomic E-state index is 0.512. The van der Waals surface area contributed by atoms with E-state index in [0.717, 1.165) is 17.1 Å². The molecule has 0 aliphatic carbocycles. The molecule has 0 spiro atoms. The lowest BCUT2D eigenvalue weighted by molar-refractivity contribution is 1.20. The summed E-state index contributed by atoms with van der Waals surface area (Å²) in [4.78, 5) is 4.18. The van der Waals surface area contributed by atoms with E-state index in [1.165, 1.54) is 0 Å². The van der Waals surface area contributed by atoms with Crippen molar-refractivity contribution in [3.8, 4) is 6.07 Å². The van der Waals surface area contributed by atoms with Crippen molar-refractivity contribution in [1.82, 2.24) is 4.98 Å². The molecule has 84 valence electrons. The van der Waals surface area contributed by atoms with Crippen LogP contribution in [-0.4, -0.2) is 4.98 Å². The first-order valence-corrected chi connectivity index (χ1v) is 5.46. The average Bonchev–Trinajstić information content (AvgIpc) is 2.34. The fourth-order valence-corrected chi connectivity index (χ4v) is 1.59. The minimum absolute atomic E-state index is 0.512. The van der Waals surface area contributed by atoms with Crippen LogP contribution in [0.5, 0.6) is 0 Å². The van der Waals surface area contributed by atoms with Gasteiger partial charge < -0.3 is 5.32 Å². The number of halogens is 1. The topological polar surface area (TPSA) is 48.7 Å². The Morgan fingerprint density at radius 2 is 2.12 bits per heavy atom. The van der Waals surface area contributed by atoms with Gasteiger partial charge in [-0.2, -0.15) is 5.26 Å². The monoisotopic (exact) mass is 243 g/mol. The highest BCUT2D eigenvalue weighted by Crippen LogP contribution is 2.23. The molecule has 0 radical (unpaired) electrons. The molecule has 0 saturated heterocycles. The van der Waals surface area contributed by atoms with Crippen molar-refractivity contribution in [2.24, 2.45) is 0 Å². The highest BCUT2D eigenvalue weighted by Gasteiger charge is 2.03. The summed E-state index contributed by atoms with van der Waals surface area (Å²) in [5, 5.41) is 12.7. The van der Waals surface area contributed by atoms with Gasteiger partial charge in [0.25, 0.3) is 0 Å². The van der Waals surface area contributed by atoms with Gasteiger partial charge >= 0.3 is 0 Å². The fraction of sp³-hybridized carbons (Fsp3) is 0.0769. The average molecular weight is 244 g/mol. The van der Waals surface area contributed by atoms with Crippen molar-refractivity contribution in [2.45, 2.75) is 6.92 Å². The van der Waals surface area contributed by atoms with Gasteiger partial charge in [0.2, 0.25) is 0 Å². The number of rotatable bonds is 2. The van der Waals surface area contributed by atoms with Crippen LogP contribution in [0.3, 0.4) is 0 Å². The molecule has 0 atom stereocenters. The molecule has 17 heavy (non-hydrogen) atoms. The van der Waals surface area contributed by atoms with Crippen LogP contribution in [0, 0.1) is 18.3 Å². The number of anilines is 2. The summed E-state index contributed by atoms with van der Waals surface area (Å²) in [6, 6.07) is 11.1. The summed E-state index contributed by atoms with van der Waals surface area (Å²) in [6.45, 7) is 1.92. The summed E-state index contributed by atoms with van der Waals surface area (Å²) in [5.74, 6) is 0. The first-order chi connectivity index (χ1) is 8.19. The van der Waals surface area contributed by atoms with Gasteiger partial charge in [-0.3, -0.25) is 4.98 Å². The first kappa shape index (κ1) is 11.4. The number of benzene rings is 1. The van der Waals surface area contributed by atoms with Crippen molar-refractivity contribution >= 4 is 23.0 Å². The molecule has 1 heterocycles. The number of aromatic nitrogens is 1. The van der Waals surface area contributed by atoms with Crippen LogP contribution in [0.15, 0.2) is 36.5 Å². The summed E-state index contributed by atoms with van der Waals surface area (Å²) in [6.07, 6.45) is 1.73. The zero-order chi connectivity index (χ0) is 12.3. The van der Waals surface area contributed by atoms with E-state index >= 15 is 0 Å². The van der Waals surface area contributed by atoms with Crippen LogP contribution < -0.4 is 5.32 Å². The third kappa shape index (κ3) is 2.74. The van der Waals surface area contributed by atoms with E-state index in [1.54, 1.807) is 24.4 Å². The number of pyridine rings is 1. The highest BCUT2D eigenvalue weighted by atomic mass is 35.5. The van der Waals surface area contributed by atoms with E-state index in [-0.39, 0.29) is 0 Å². The van der Waals surface area contributed by atoms with Crippen molar-refractivity contribution in [3.05, 3.63) is 52.8 Å². The maximum Gasteiger partial charge on any atom is 0.101 e. The fourth-order valence-electron chi connectivity index (χ4n) is 1.42. The van der Waals surface area contributed by atoms with Crippen LogP contribution in [0.1, 0.15) is 11.3 Å². The summed E-state index contributed by atoms with van der Waals surface area (Å²) >= 11 is 5.83. The van der Waals surface area contributed by atoms with Crippen molar-refractivity contribution in [1.29, 1.82) is 5.26 Å². The summed E-state index contributed by atoms with van der Waals surface area (Å²) < 4.78 is 0. The molecule has 0 aliphatic heterocycles. The van der Waals surface area contributed by atoms with Gasteiger partial charge in [-0.15, -0.1) is 0 Å². The molecule has 0 saturated carbocycles. The van der Waals surface area contributed by atoms with Crippen molar-refractivity contribution < 1.29 is 0 Å². The van der Waals surface area contributed by atoms with E-state index in [4.69, 9.17) is 16.9 Å². The van der Waals surface area contributed by atoms with Gasteiger partial charge in [0.15, 0.2) is 0 Å². The maximum absolute atomic E-state index is 9.00. The molecule has 0 fully saturated rings. The molecular formula is C13H10ClN3. The predicted octanol–water partition coefficient (Wildman–Crippen LogP) is 3.66. The highest BCUT2D eigenvalue weighted by molar-refractivity contribution is 6.30. The molecule has 1 aromatic carbocycles. The van der Waals surface area contributed by atoms with Crippen LogP contribution in [0.4, 0.5) is 11.4 Å². The largest absolute Gasteiger partial charge is 0.353 e. The lowest BCUT2D eigenvalue weighted by Gasteiger charge is -2.08. The minimum Gasteiger partial charge on any atom is -0.353 e.